The Labute approximate surface area is 363 Å². The molecule has 2 heterocycles. The fraction of sp³-hybridized carbons (Fsp3) is 0.0690. The Morgan fingerprint density at radius 2 is 0.774 bits per heavy atom. The van der Waals surface area contributed by atoms with Crippen LogP contribution in [0.15, 0.2) is 224 Å². The first-order valence-electron chi connectivity index (χ1n) is 21.3. The summed E-state index contributed by atoms with van der Waals surface area (Å²) in [5.74, 6) is 1.44. The van der Waals surface area contributed by atoms with E-state index in [2.05, 4.69) is 201 Å². The average Bonchev–Trinajstić information content (AvgIpc) is 3.36. The number of aryl methyl sites for hydroxylation is 1. The summed E-state index contributed by atoms with van der Waals surface area (Å²) in [6.07, 6.45) is 8.62. The van der Waals surface area contributed by atoms with E-state index in [1.807, 2.05) is 30.3 Å². The van der Waals surface area contributed by atoms with Gasteiger partial charge in [0.15, 0.2) is 11.6 Å². The molecule has 1 aliphatic carbocycles. The zero-order valence-electron chi connectivity index (χ0n) is 34.6. The number of aromatic nitrogens is 4. The largest absolute Gasteiger partial charge is 0.228 e. The van der Waals surface area contributed by atoms with Gasteiger partial charge >= 0.3 is 0 Å². The highest BCUT2D eigenvalue weighted by atomic mass is 14.9. The molecule has 0 saturated heterocycles. The average molecular weight is 797 g/mol. The molecule has 0 bridgehead atoms. The standard InChI is InChI=1S/C58H44N4/c1-41-18-17-29-51(38-41)58(48-27-15-6-16-28-48,49-34-30-44(31-35-49)54-39-52(42-19-7-2-8-20-42)59-56(61-54)46-23-11-4-12-24-46)50-36-32-45(33-37-50)55-40-53(43-21-9-3-10-22-43)60-57(62-55)47-25-13-5-14-26-47/h2-4,6-13,15-40H,5,14H2,1H3. The van der Waals surface area contributed by atoms with Crippen molar-refractivity contribution < 1.29 is 0 Å². The molecule has 62 heavy (non-hydrogen) atoms. The van der Waals surface area contributed by atoms with Gasteiger partial charge in [-0.25, -0.2) is 19.9 Å². The Hall–Kier alpha value is -7.82. The van der Waals surface area contributed by atoms with Crippen molar-refractivity contribution >= 4 is 5.57 Å². The minimum atomic E-state index is -0.649. The van der Waals surface area contributed by atoms with Crippen LogP contribution in [0.2, 0.25) is 0 Å². The van der Waals surface area contributed by atoms with Gasteiger partial charge in [-0.2, -0.15) is 0 Å². The molecule has 1 atom stereocenters. The summed E-state index contributed by atoms with van der Waals surface area (Å²) in [6.45, 7) is 2.17. The fourth-order valence-corrected chi connectivity index (χ4v) is 8.68. The zero-order chi connectivity index (χ0) is 41.7. The molecule has 4 nitrogen and oxygen atoms in total. The summed E-state index contributed by atoms with van der Waals surface area (Å²) in [5.41, 5.74) is 15.0. The van der Waals surface area contributed by atoms with Gasteiger partial charge in [0.2, 0.25) is 0 Å². The van der Waals surface area contributed by atoms with Gasteiger partial charge in [0.05, 0.1) is 28.2 Å². The van der Waals surface area contributed by atoms with Crippen molar-refractivity contribution in [3.63, 3.8) is 0 Å². The van der Waals surface area contributed by atoms with Crippen LogP contribution in [0.1, 0.15) is 46.5 Å². The molecular weight excluding hydrogens is 753 g/mol. The van der Waals surface area contributed by atoms with Crippen LogP contribution < -0.4 is 0 Å². The highest BCUT2D eigenvalue weighted by Crippen LogP contribution is 2.46. The smallest absolute Gasteiger partial charge is 0.160 e. The van der Waals surface area contributed by atoms with Crippen molar-refractivity contribution in [3.8, 4) is 56.4 Å². The van der Waals surface area contributed by atoms with Gasteiger partial charge in [0.1, 0.15) is 0 Å². The second kappa shape index (κ2) is 17.0. The maximum atomic E-state index is 5.18. The van der Waals surface area contributed by atoms with E-state index in [4.69, 9.17) is 19.9 Å². The predicted octanol–water partition coefficient (Wildman–Crippen LogP) is 14.0. The van der Waals surface area contributed by atoms with Crippen molar-refractivity contribution in [2.24, 2.45) is 0 Å². The lowest BCUT2D eigenvalue weighted by molar-refractivity contribution is 0.744. The van der Waals surface area contributed by atoms with E-state index in [0.29, 0.717) is 5.82 Å². The summed E-state index contributed by atoms with van der Waals surface area (Å²) in [4.78, 5) is 20.4. The molecule has 0 fully saturated rings. The molecule has 4 heteroatoms. The van der Waals surface area contributed by atoms with Crippen molar-refractivity contribution in [2.45, 2.75) is 25.2 Å². The van der Waals surface area contributed by atoms with Crippen LogP contribution in [0.3, 0.4) is 0 Å². The van der Waals surface area contributed by atoms with Gasteiger partial charge < -0.3 is 0 Å². The van der Waals surface area contributed by atoms with Gasteiger partial charge in [0, 0.05) is 33.4 Å². The monoisotopic (exact) mass is 796 g/mol. The number of hydrogen-bond acceptors (Lipinski definition) is 4. The van der Waals surface area contributed by atoms with Crippen LogP contribution >= 0.6 is 0 Å². The number of benzene rings is 7. The first-order chi connectivity index (χ1) is 30.6. The van der Waals surface area contributed by atoms with Gasteiger partial charge in [-0.15, -0.1) is 0 Å². The number of allylic oxidation sites excluding steroid dienone is 4. The van der Waals surface area contributed by atoms with Crippen molar-refractivity contribution in [3.05, 3.63) is 258 Å². The lowest BCUT2D eigenvalue weighted by atomic mass is 9.64. The molecule has 0 spiro atoms. The highest BCUT2D eigenvalue weighted by molar-refractivity contribution is 5.77. The molecule has 0 saturated carbocycles. The quantitative estimate of drug-likeness (QED) is 0.129. The molecule has 2 aromatic heterocycles. The van der Waals surface area contributed by atoms with Crippen molar-refractivity contribution in [1.29, 1.82) is 0 Å². The van der Waals surface area contributed by atoms with E-state index in [9.17, 15) is 0 Å². The molecule has 0 radical (unpaired) electrons. The first-order valence-corrected chi connectivity index (χ1v) is 21.3. The second-order valence-corrected chi connectivity index (χ2v) is 15.8. The van der Waals surface area contributed by atoms with Crippen LogP contribution in [0.5, 0.6) is 0 Å². The van der Waals surface area contributed by atoms with E-state index in [0.717, 1.165) is 86.0 Å². The maximum Gasteiger partial charge on any atom is 0.160 e. The van der Waals surface area contributed by atoms with Crippen molar-refractivity contribution in [2.75, 3.05) is 0 Å². The molecule has 9 aromatic rings. The van der Waals surface area contributed by atoms with E-state index in [1.165, 1.54) is 16.7 Å². The Bertz CT molecular complexity index is 2970. The Morgan fingerprint density at radius 3 is 1.24 bits per heavy atom. The van der Waals surface area contributed by atoms with Crippen molar-refractivity contribution in [1.82, 2.24) is 19.9 Å². The third kappa shape index (κ3) is 7.59. The molecule has 1 aliphatic rings. The Morgan fingerprint density at radius 1 is 0.355 bits per heavy atom. The summed E-state index contributed by atoms with van der Waals surface area (Å²) < 4.78 is 0. The molecular formula is C58H44N4. The molecule has 1 unspecified atom stereocenters. The molecule has 296 valence electrons. The maximum absolute atomic E-state index is 5.18. The topological polar surface area (TPSA) is 51.6 Å². The number of nitrogens with zero attached hydrogens (tertiary/aromatic N) is 4. The third-order valence-electron chi connectivity index (χ3n) is 11.8. The molecule has 0 amide bonds. The van der Waals surface area contributed by atoms with Gasteiger partial charge in [0.25, 0.3) is 0 Å². The lowest BCUT2D eigenvalue weighted by Crippen LogP contribution is -2.31. The van der Waals surface area contributed by atoms with Gasteiger partial charge in [-0.1, -0.05) is 218 Å². The molecule has 7 aromatic carbocycles. The second-order valence-electron chi connectivity index (χ2n) is 15.8. The van der Waals surface area contributed by atoms with E-state index < -0.39 is 5.41 Å². The Kier molecular flexibility index (Phi) is 10.6. The van der Waals surface area contributed by atoms with E-state index >= 15 is 0 Å². The molecule has 0 N–H and O–H groups in total. The summed E-state index contributed by atoms with van der Waals surface area (Å²) in [5, 5.41) is 0. The lowest BCUT2D eigenvalue weighted by Gasteiger charge is -2.37. The summed E-state index contributed by atoms with van der Waals surface area (Å²) in [7, 11) is 0. The zero-order valence-corrected chi connectivity index (χ0v) is 34.6. The van der Waals surface area contributed by atoms with Crippen LogP contribution in [0, 0.1) is 6.92 Å². The number of rotatable bonds is 10. The summed E-state index contributed by atoms with van der Waals surface area (Å²) in [6, 6.07) is 72.9. The highest BCUT2D eigenvalue weighted by Gasteiger charge is 2.38. The van der Waals surface area contributed by atoms with Gasteiger partial charge in [-0.3, -0.25) is 0 Å². The van der Waals surface area contributed by atoms with E-state index in [1.54, 1.807) is 0 Å². The third-order valence-corrected chi connectivity index (χ3v) is 11.8. The molecule has 0 aliphatic heterocycles. The van der Waals surface area contributed by atoms with Gasteiger partial charge in [-0.05, 0) is 54.2 Å². The minimum Gasteiger partial charge on any atom is -0.228 e. The minimum absolute atomic E-state index is 0.649. The fourth-order valence-electron chi connectivity index (χ4n) is 8.68. The normalized spacial score (nSPS) is 13.3. The van der Waals surface area contributed by atoms with Crippen LogP contribution in [0.25, 0.3) is 62.0 Å². The van der Waals surface area contributed by atoms with Crippen LogP contribution in [0.4, 0.5) is 0 Å². The Balaban J connectivity index is 1.12. The first kappa shape index (κ1) is 38.4. The van der Waals surface area contributed by atoms with Crippen LogP contribution in [-0.2, 0) is 5.41 Å². The summed E-state index contributed by atoms with van der Waals surface area (Å²) >= 11 is 0. The predicted molar refractivity (Wildman–Crippen MR) is 254 cm³/mol. The molecule has 10 rings (SSSR count). The van der Waals surface area contributed by atoms with E-state index in [-0.39, 0.29) is 0 Å². The van der Waals surface area contributed by atoms with Crippen LogP contribution in [-0.4, -0.2) is 19.9 Å². The number of hydrogen-bond donors (Lipinski definition) is 0. The SMILES string of the molecule is Cc1cccc(C(c2ccccc2)(c2ccc(-c3cc(-c4ccccc4)nc(C4=CCCC=C4)n3)cc2)c2ccc(-c3cc(-c4ccccc4)nc(-c4ccccc4)n3)cc2)c1.